The molecule has 2 aromatic heterocycles. The van der Waals surface area contributed by atoms with Crippen LogP contribution in [-0.4, -0.2) is 66.6 Å². The van der Waals surface area contributed by atoms with Crippen LogP contribution in [0.2, 0.25) is 0 Å². The van der Waals surface area contributed by atoms with E-state index in [2.05, 4.69) is 25.0 Å². The molecule has 1 atom stereocenters. The summed E-state index contributed by atoms with van der Waals surface area (Å²) in [5.41, 5.74) is -2.47. The van der Waals surface area contributed by atoms with Gasteiger partial charge in [-0.2, -0.15) is 0 Å². The lowest BCUT2D eigenvalue weighted by Gasteiger charge is -2.40. The number of piperazine rings is 1. The number of aromatic amines is 1. The molecular weight excluding hydrogens is 562 g/mol. The zero-order valence-electron chi connectivity index (χ0n) is 22.0. The number of alkyl halides is 2. The summed E-state index contributed by atoms with van der Waals surface area (Å²) >= 11 is 1.16. The monoisotopic (exact) mass is 587 g/mol. The largest absolute Gasteiger partial charge is 0.367 e. The van der Waals surface area contributed by atoms with Gasteiger partial charge in [-0.1, -0.05) is 6.08 Å². The van der Waals surface area contributed by atoms with E-state index in [0.717, 1.165) is 23.6 Å². The Morgan fingerprint density at radius 1 is 1.27 bits per heavy atom. The minimum Gasteiger partial charge on any atom is -0.367 e. The number of rotatable bonds is 6. The number of halogens is 4. The quantitative estimate of drug-likeness (QED) is 0.315. The van der Waals surface area contributed by atoms with E-state index in [0.29, 0.717) is 48.0 Å². The highest BCUT2D eigenvalue weighted by Crippen LogP contribution is 2.40. The summed E-state index contributed by atoms with van der Waals surface area (Å²) in [5, 5.41) is 3.31. The number of H-pyrrole nitrogens is 1. The van der Waals surface area contributed by atoms with Crippen LogP contribution in [0.4, 0.5) is 39.1 Å². The van der Waals surface area contributed by atoms with Crippen LogP contribution in [0.15, 0.2) is 35.4 Å². The molecular formula is C27H25F4N7O2S. The molecule has 2 N–H and O–H groups in total. The summed E-state index contributed by atoms with van der Waals surface area (Å²) in [7, 11) is 1.93. The molecule has 14 heteroatoms. The van der Waals surface area contributed by atoms with Crippen molar-refractivity contribution >= 4 is 44.3 Å². The highest BCUT2D eigenvalue weighted by atomic mass is 32.1. The fraction of sp³-hybridized carbons (Fsp3) is 0.333. The van der Waals surface area contributed by atoms with Gasteiger partial charge in [-0.25, -0.2) is 27.4 Å². The molecule has 214 valence electrons. The molecule has 5 rings (SSSR count). The van der Waals surface area contributed by atoms with Gasteiger partial charge in [-0.05, 0) is 19.5 Å². The zero-order chi connectivity index (χ0) is 29.4. The van der Waals surface area contributed by atoms with E-state index in [1.807, 2.05) is 14.0 Å². The standard InChI is InChI=1S/C27H25F4N7O2S/c1-14-12-37(7-6-36(14)3)19-9-18(28)22(15-4-5-38(13-15)27-34-11-21(32-2)41-27)23(29)24(19)35-26(40)17-10-33-20(39)8-16(17)25(30)31/h4,8-11,14,25H,5-7,12-13H2,1,3H3,(H,33,39)(H,35,40)/t14-/m0/s1. The number of hydrogen-bond donors (Lipinski definition) is 2. The Kier molecular flexibility index (Phi) is 7.83. The Bertz CT molecular complexity index is 1630. The number of amides is 1. The van der Waals surface area contributed by atoms with Crippen molar-refractivity contribution in [2.75, 3.05) is 54.9 Å². The summed E-state index contributed by atoms with van der Waals surface area (Å²) in [6, 6.07) is 1.80. The van der Waals surface area contributed by atoms with E-state index < -0.39 is 40.7 Å². The summed E-state index contributed by atoms with van der Waals surface area (Å²) in [6.07, 6.45) is 0.784. The third-order valence-corrected chi connectivity index (χ3v) is 8.23. The Labute approximate surface area is 236 Å². The van der Waals surface area contributed by atoms with E-state index in [9.17, 15) is 18.4 Å². The van der Waals surface area contributed by atoms with Gasteiger partial charge in [-0.3, -0.25) is 9.59 Å². The number of likely N-dealkylation sites (N-methyl/N-ethyl adjacent to an activating group) is 1. The Hall–Kier alpha value is -4.22. The van der Waals surface area contributed by atoms with E-state index in [1.54, 1.807) is 15.9 Å². The molecule has 0 spiro atoms. The van der Waals surface area contributed by atoms with Crippen LogP contribution in [0.3, 0.4) is 0 Å². The average molecular weight is 588 g/mol. The lowest BCUT2D eigenvalue weighted by molar-refractivity contribution is 0.101. The van der Waals surface area contributed by atoms with Gasteiger partial charge in [0.25, 0.3) is 17.3 Å². The van der Waals surface area contributed by atoms with Gasteiger partial charge < -0.3 is 25.0 Å². The van der Waals surface area contributed by atoms with Gasteiger partial charge >= 0.3 is 0 Å². The maximum atomic E-state index is 16.4. The number of carbonyl (C=O) groups excluding carboxylic acids is 1. The SMILES string of the molecule is [C-]#[N+]c1cnc(N2CC=C(c3c(F)cc(N4CCN(C)[C@@H](C)C4)c(NC(=O)c4c[nH]c(=O)cc4C(F)F)c3F)C2)s1. The zero-order valence-corrected chi connectivity index (χ0v) is 22.9. The predicted octanol–water partition coefficient (Wildman–Crippen LogP) is 4.89. The molecule has 1 saturated heterocycles. The van der Waals surface area contributed by atoms with Gasteiger partial charge in [0.2, 0.25) is 5.56 Å². The molecule has 4 heterocycles. The van der Waals surface area contributed by atoms with Crippen LogP contribution in [0.5, 0.6) is 0 Å². The van der Waals surface area contributed by atoms with Crippen LogP contribution in [0.25, 0.3) is 10.4 Å². The highest BCUT2D eigenvalue weighted by Gasteiger charge is 2.31. The molecule has 41 heavy (non-hydrogen) atoms. The van der Waals surface area contributed by atoms with E-state index in [-0.39, 0.29) is 29.5 Å². The highest BCUT2D eigenvalue weighted by molar-refractivity contribution is 7.19. The smallest absolute Gasteiger partial charge is 0.264 e. The fourth-order valence-electron chi connectivity index (χ4n) is 4.92. The number of carbonyl (C=O) groups is 1. The van der Waals surface area contributed by atoms with Crippen molar-refractivity contribution in [2.24, 2.45) is 0 Å². The Morgan fingerprint density at radius 3 is 2.73 bits per heavy atom. The van der Waals surface area contributed by atoms with Gasteiger partial charge in [0, 0.05) is 68.9 Å². The molecule has 9 nitrogen and oxygen atoms in total. The number of thiazole rings is 1. The normalized spacial score (nSPS) is 17.6. The van der Waals surface area contributed by atoms with Crippen molar-refractivity contribution in [2.45, 2.75) is 19.4 Å². The maximum absolute atomic E-state index is 16.4. The number of nitrogens with one attached hydrogen (secondary N) is 2. The molecule has 1 aromatic carbocycles. The van der Waals surface area contributed by atoms with Crippen molar-refractivity contribution in [3.8, 4) is 0 Å². The number of anilines is 3. The summed E-state index contributed by atoms with van der Waals surface area (Å²) in [6.45, 7) is 10.9. The minimum atomic E-state index is -3.13. The van der Waals surface area contributed by atoms with Gasteiger partial charge in [0.05, 0.1) is 23.4 Å². The first kappa shape index (κ1) is 28.3. The van der Waals surface area contributed by atoms with Crippen molar-refractivity contribution in [3.05, 3.63) is 80.7 Å². The van der Waals surface area contributed by atoms with Crippen molar-refractivity contribution in [3.63, 3.8) is 0 Å². The molecule has 2 aliphatic heterocycles. The van der Waals surface area contributed by atoms with Crippen LogP contribution in [0, 0.1) is 18.2 Å². The second-order valence-electron chi connectivity index (χ2n) is 9.84. The summed E-state index contributed by atoms with van der Waals surface area (Å²) in [4.78, 5) is 40.2. The van der Waals surface area contributed by atoms with E-state index in [1.165, 1.54) is 6.20 Å². The van der Waals surface area contributed by atoms with Crippen molar-refractivity contribution in [1.82, 2.24) is 14.9 Å². The molecule has 0 radical (unpaired) electrons. The number of hydrogen-bond acceptors (Lipinski definition) is 7. The lowest BCUT2D eigenvalue weighted by atomic mass is 10.0. The first-order valence-corrected chi connectivity index (χ1v) is 13.5. The molecule has 0 saturated carbocycles. The van der Waals surface area contributed by atoms with E-state index >= 15 is 8.78 Å². The Morgan fingerprint density at radius 2 is 2.05 bits per heavy atom. The number of nitrogens with zero attached hydrogens (tertiary/aromatic N) is 5. The topological polar surface area (TPSA) is 88.9 Å². The van der Waals surface area contributed by atoms with Crippen LogP contribution in [-0.2, 0) is 0 Å². The summed E-state index contributed by atoms with van der Waals surface area (Å²) < 4.78 is 59.4. The predicted molar refractivity (Wildman–Crippen MR) is 149 cm³/mol. The second-order valence-corrected chi connectivity index (χ2v) is 10.8. The minimum absolute atomic E-state index is 0.0347. The molecule has 1 amide bonds. The third kappa shape index (κ3) is 5.55. The summed E-state index contributed by atoms with van der Waals surface area (Å²) in [5.74, 6) is -2.96. The first-order chi connectivity index (χ1) is 19.6. The first-order valence-electron chi connectivity index (χ1n) is 12.6. The van der Waals surface area contributed by atoms with Gasteiger partial charge in [0.1, 0.15) is 11.5 Å². The van der Waals surface area contributed by atoms with Crippen molar-refractivity contribution < 1.29 is 22.4 Å². The number of benzene rings is 1. The molecule has 0 aliphatic carbocycles. The maximum Gasteiger partial charge on any atom is 0.264 e. The molecule has 2 aliphatic rings. The number of pyridine rings is 1. The molecule has 3 aromatic rings. The van der Waals surface area contributed by atoms with Gasteiger partial charge in [0.15, 0.2) is 10.9 Å². The Balaban J connectivity index is 1.55. The molecule has 1 fully saturated rings. The molecule has 0 bridgehead atoms. The second kappa shape index (κ2) is 11.3. The van der Waals surface area contributed by atoms with Crippen LogP contribution >= 0.6 is 11.3 Å². The average Bonchev–Trinajstić information content (AvgIpc) is 3.61. The van der Waals surface area contributed by atoms with Gasteiger partial charge in [-0.15, -0.1) is 11.3 Å². The van der Waals surface area contributed by atoms with Crippen LogP contribution in [0.1, 0.15) is 34.8 Å². The molecule has 0 unspecified atom stereocenters. The van der Waals surface area contributed by atoms with Crippen molar-refractivity contribution in [1.29, 1.82) is 0 Å². The van der Waals surface area contributed by atoms with E-state index in [4.69, 9.17) is 6.57 Å². The number of aromatic nitrogens is 2. The lowest BCUT2D eigenvalue weighted by Crippen LogP contribution is -2.50. The third-order valence-electron chi connectivity index (χ3n) is 7.27. The fourth-order valence-corrected chi connectivity index (χ4v) is 5.63. The van der Waals surface area contributed by atoms with Crippen LogP contribution < -0.4 is 20.7 Å².